The predicted octanol–water partition coefficient (Wildman–Crippen LogP) is 5.37. The summed E-state index contributed by atoms with van der Waals surface area (Å²) >= 11 is 0. The molecule has 3 unspecified atom stereocenters. The molecule has 0 aromatic carbocycles. The Morgan fingerprint density at radius 1 is 0.689 bits per heavy atom. The third-order valence-corrected chi connectivity index (χ3v) is 8.72. The van der Waals surface area contributed by atoms with Crippen LogP contribution in [0.2, 0.25) is 0 Å². The second-order valence-electron chi connectivity index (χ2n) is 11.8. The van der Waals surface area contributed by atoms with E-state index in [0.717, 1.165) is 50.3 Å². The van der Waals surface area contributed by atoms with Crippen molar-refractivity contribution < 1.29 is 28.6 Å². The Morgan fingerprint density at radius 2 is 1.20 bits per heavy atom. The van der Waals surface area contributed by atoms with Crippen LogP contribution in [0.15, 0.2) is 18.2 Å². The zero-order valence-corrected chi connectivity index (χ0v) is 28.9. The van der Waals surface area contributed by atoms with Crippen LogP contribution in [0.4, 0.5) is 0 Å². The summed E-state index contributed by atoms with van der Waals surface area (Å²) in [6.45, 7) is 17.3. The molecule has 0 saturated carbocycles. The van der Waals surface area contributed by atoms with Crippen LogP contribution in [0.3, 0.4) is 0 Å². The van der Waals surface area contributed by atoms with Crippen LogP contribution < -0.4 is 0 Å². The first-order valence-electron chi connectivity index (χ1n) is 17.4. The summed E-state index contributed by atoms with van der Waals surface area (Å²) in [5.74, 6) is -0.814. The van der Waals surface area contributed by atoms with Gasteiger partial charge in [0.15, 0.2) is 0 Å². The van der Waals surface area contributed by atoms with Gasteiger partial charge in [0.2, 0.25) is 0 Å². The van der Waals surface area contributed by atoms with Crippen molar-refractivity contribution in [1.29, 1.82) is 0 Å². The van der Waals surface area contributed by atoms with Gasteiger partial charge in [0.05, 0.1) is 31.2 Å². The Balaban J connectivity index is 2.48. The number of carbonyl (C=O) groups is 3. The van der Waals surface area contributed by atoms with Gasteiger partial charge in [-0.2, -0.15) is 0 Å². The highest BCUT2D eigenvalue weighted by Crippen LogP contribution is 2.21. The molecular weight excluding hydrogens is 572 g/mol. The lowest BCUT2D eigenvalue weighted by molar-refractivity contribution is -0.151. The molecule has 0 saturated heterocycles. The van der Waals surface area contributed by atoms with Gasteiger partial charge >= 0.3 is 17.9 Å². The molecule has 0 spiro atoms. The van der Waals surface area contributed by atoms with Gasteiger partial charge in [-0.05, 0) is 65.0 Å². The Labute approximate surface area is 272 Å². The number of carbonyl (C=O) groups excluding carboxylic acids is 3. The fourth-order valence-corrected chi connectivity index (χ4v) is 6.27. The summed E-state index contributed by atoms with van der Waals surface area (Å²) in [6.07, 6.45) is 7.03. The first-order valence-corrected chi connectivity index (χ1v) is 17.4. The van der Waals surface area contributed by atoms with Crippen molar-refractivity contribution in [2.45, 2.75) is 131 Å². The highest BCUT2D eigenvalue weighted by atomic mass is 16.5. The molecule has 10 heteroatoms. The molecule has 0 fully saturated rings. The van der Waals surface area contributed by atoms with Crippen LogP contribution in [-0.4, -0.2) is 102 Å². The van der Waals surface area contributed by atoms with E-state index in [9.17, 15) is 14.4 Å². The summed E-state index contributed by atoms with van der Waals surface area (Å²) in [4.78, 5) is 50.3. The third kappa shape index (κ3) is 13.8. The molecule has 2 bridgehead atoms. The molecule has 1 aromatic heterocycles. The summed E-state index contributed by atoms with van der Waals surface area (Å²) < 4.78 is 16.0. The number of unbranched alkanes of at least 4 members (excludes halogenated alkanes) is 1. The maximum Gasteiger partial charge on any atom is 0.323 e. The molecule has 0 radical (unpaired) electrons. The van der Waals surface area contributed by atoms with Crippen molar-refractivity contribution in [1.82, 2.24) is 19.7 Å². The molecule has 3 atom stereocenters. The van der Waals surface area contributed by atoms with E-state index in [2.05, 4.69) is 47.6 Å². The van der Waals surface area contributed by atoms with E-state index in [1.165, 1.54) is 12.8 Å². The topological polar surface area (TPSA) is 102 Å². The van der Waals surface area contributed by atoms with Crippen LogP contribution >= 0.6 is 0 Å². The Bertz CT molecular complexity index is 1010. The SMILES string of the molecule is CCCCC(CC)N1CCN(C(CC)CCC(=O)OCC)CCN(C(CCC(=O)OCC)C(=O)OCC)Cc2cccc(n2)C1. The average Bonchev–Trinajstić information content (AvgIpc) is 3.02. The first kappa shape index (κ1) is 38.6. The van der Waals surface area contributed by atoms with Crippen LogP contribution in [0.5, 0.6) is 0 Å². The molecular formula is C35H60N4O6. The van der Waals surface area contributed by atoms with Crippen molar-refractivity contribution in [2.75, 3.05) is 46.0 Å². The minimum Gasteiger partial charge on any atom is -0.466 e. The molecule has 256 valence electrons. The van der Waals surface area contributed by atoms with Crippen molar-refractivity contribution in [3.8, 4) is 0 Å². The number of nitrogens with zero attached hydrogens (tertiary/aromatic N) is 4. The lowest BCUT2D eigenvalue weighted by Gasteiger charge is -2.38. The van der Waals surface area contributed by atoms with Crippen molar-refractivity contribution >= 4 is 17.9 Å². The minimum atomic E-state index is -0.612. The van der Waals surface area contributed by atoms with E-state index >= 15 is 0 Å². The van der Waals surface area contributed by atoms with Crippen molar-refractivity contribution in [3.05, 3.63) is 29.6 Å². The van der Waals surface area contributed by atoms with Gasteiger partial charge in [0, 0.05) is 64.2 Å². The molecule has 1 aliphatic rings. The normalized spacial score (nSPS) is 17.4. The Morgan fingerprint density at radius 3 is 1.76 bits per heavy atom. The lowest BCUT2D eigenvalue weighted by Crippen LogP contribution is -2.50. The zero-order valence-electron chi connectivity index (χ0n) is 28.9. The van der Waals surface area contributed by atoms with Gasteiger partial charge in [-0.15, -0.1) is 0 Å². The second-order valence-corrected chi connectivity index (χ2v) is 11.8. The highest BCUT2D eigenvalue weighted by molar-refractivity contribution is 5.77. The van der Waals surface area contributed by atoms with E-state index in [4.69, 9.17) is 19.2 Å². The fourth-order valence-electron chi connectivity index (χ4n) is 6.27. The summed E-state index contributed by atoms with van der Waals surface area (Å²) in [6, 6.07) is 6.20. The highest BCUT2D eigenvalue weighted by Gasteiger charge is 2.31. The number of hydrogen-bond donors (Lipinski definition) is 0. The van der Waals surface area contributed by atoms with Crippen LogP contribution in [0.25, 0.3) is 0 Å². The smallest absolute Gasteiger partial charge is 0.323 e. The van der Waals surface area contributed by atoms with Gasteiger partial charge in [-0.3, -0.25) is 34.1 Å². The Kier molecular flexibility index (Phi) is 18.9. The van der Waals surface area contributed by atoms with E-state index < -0.39 is 6.04 Å². The molecule has 0 aliphatic carbocycles. The molecule has 2 rings (SSSR count). The van der Waals surface area contributed by atoms with Gasteiger partial charge in [-0.1, -0.05) is 39.7 Å². The summed E-state index contributed by atoms with van der Waals surface area (Å²) in [7, 11) is 0. The first-order chi connectivity index (χ1) is 21.8. The number of fused-ring (bicyclic) bond motifs is 2. The monoisotopic (exact) mass is 632 g/mol. The van der Waals surface area contributed by atoms with Crippen LogP contribution in [0.1, 0.15) is 111 Å². The second kappa shape index (κ2) is 22.0. The summed E-state index contributed by atoms with van der Waals surface area (Å²) in [5, 5.41) is 0. The van der Waals surface area contributed by atoms with E-state index in [-0.39, 0.29) is 37.0 Å². The quantitative estimate of drug-likeness (QED) is 0.155. The van der Waals surface area contributed by atoms with E-state index in [0.29, 0.717) is 58.2 Å². The maximum absolute atomic E-state index is 13.4. The van der Waals surface area contributed by atoms with Crippen molar-refractivity contribution in [3.63, 3.8) is 0 Å². The standard InChI is InChI=1S/C35H60N4O6/c1-7-13-17-30(8-2)38-24-22-37(31(9-3)18-20-33(40)43-10-4)23-25-39(27-29-16-14-15-28(26-38)36-29)32(35(42)45-12-6)19-21-34(41)44-11-5/h14-16,30-32H,7-13,17-27H2,1-6H3. The van der Waals surface area contributed by atoms with Gasteiger partial charge in [0.25, 0.3) is 0 Å². The Hall–Kier alpha value is -2.56. The average molecular weight is 633 g/mol. The lowest BCUT2D eigenvalue weighted by atomic mass is 10.0. The largest absolute Gasteiger partial charge is 0.466 e. The number of ether oxygens (including phenoxy) is 3. The van der Waals surface area contributed by atoms with Crippen molar-refractivity contribution in [2.24, 2.45) is 0 Å². The van der Waals surface area contributed by atoms with E-state index in [1.54, 1.807) is 13.8 Å². The van der Waals surface area contributed by atoms with Gasteiger partial charge < -0.3 is 14.2 Å². The van der Waals surface area contributed by atoms with Crippen LogP contribution in [0, 0.1) is 0 Å². The van der Waals surface area contributed by atoms with E-state index in [1.807, 2.05) is 13.0 Å². The zero-order chi connectivity index (χ0) is 33.0. The van der Waals surface area contributed by atoms with Gasteiger partial charge in [0.1, 0.15) is 6.04 Å². The minimum absolute atomic E-state index is 0.132. The molecule has 2 heterocycles. The number of pyridine rings is 1. The summed E-state index contributed by atoms with van der Waals surface area (Å²) in [5.41, 5.74) is 1.91. The molecule has 45 heavy (non-hydrogen) atoms. The number of aromatic nitrogens is 1. The third-order valence-electron chi connectivity index (χ3n) is 8.72. The maximum atomic E-state index is 13.4. The van der Waals surface area contributed by atoms with Gasteiger partial charge in [-0.25, -0.2) is 0 Å². The number of rotatable bonds is 18. The molecule has 0 N–H and O–H groups in total. The van der Waals surface area contributed by atoms with Crippen LogP contribution in [-0.2, 0) is 41.7 Å². The number of esters is 3. The molecule has 0 amide bonds. The number of hydrogen-bond acceptors (Lipinski definition) is 10. The fraction of sp³-hybridized carbons (Fsp3) is 0.771. The molecule has 10 nitrogen and oxygen atoms in total. The predicted molar refractivity (Wildman–Crippen MR) is 176 cm³/mol. The molecule has 1 aliphatic heterocycles. The molecule has 1 aromatic rings.